The summed E-state index contributed by atoms with van der Waals surface area (Å²) >= 11 is 5.95. The van der Waals surface area contributed by atoms with E-state index in [2.05, 4.69) is 5.32 Å². The molecule has 2 amide bonds. The van der Waals surface area contributed by atoms with Gasteiger partial charge < -0.3 is 15.6 Å². The summed E-state index contributed by atoms with van der Waals surface area (Å²) in [6, 6.07) is 13.9. The van der Waals surface area contributed by atoms with E-state index in [-0.39, 0.29) is 12.5 Å². The van der Waals surface area contributed by atoms with Crippen LogP contribution in [0.3, 0.4) is 0 Å². The van der Waals surface area contributed by atoms with Crippen LogP contribution in [0.25, 0.3) is 10.9 Å². The van der Waals surface area contributed by atoms with Crippen molar-refractivity contribution in [3.63, 3.8) is 0 Å². The van der Waals surface area contributed by atoms with E-state index in [0.717, 1.165) is 10.9 Å². The van der Waals surface area contributed by atoms with E-state index in [1.165, 1.54) is 0 Å². The maximum atomic E-state index is 12.2. The summed E-state index contributed by atoms with van der Waals surface area (Å²) in [5.74, 6) is -0.662. The number of carbonyl (C=O) groups excluding carboxylic acids is 2. The first-order chi connectivity index (χ1) is 11.0. The SMILES string of the molecule is NC(=O)c1ccc(NC(=O)Cn2ccc3cc(Cl)ccc32)cc1. The van der Waals surface area contributed by atoms with Gasteiger partial charge in [-0.3, -0.25) is 9.59 Å². The summed E-state index contributed by atoms with van der Waals surface area (Å²) in [7, 11) is 0. The minimum absolute atomic E-state index is 0.163. The second-order valence-electron chi connectivity index (χ2n) is 5.14. The summed E-state index contributed by atoms with van der Waals surface area (Å²) in [6.45, 7) is 0.183. The van der Waals surface area contributed by atoms with Crippen LogP contribution in [0.15, 0.2) is 54.7 Å². The predicted molar refractivity (Wildman–Crippen MR) is 90.5 cm³/mol. The lowest BCUT2D eigenvalue weighted by atomic mass is 10.2. The molecule has 0 bridgehead atoms. The molecule has 0 unspecified atom stereocenters. The molecule has 0 aliphatic heterocycles. The molecule has 116 valence electrons. The fraction of sp³-hybridized carbons (Fsp3) is 0.0588. The normalized spacial score (nSPS) is 10.7. The summed E-state index contributed by atoms with van der Waals surface area (Å²) in [5.41, 5.74) is 7.13. The lowest BCUT2D eigenvalue weighted by Crippen LogP contribution is -2.18. The van der Waals surface area contributed by atoms with E-state index in [1.54, 1.807) is 30.3 Å². The van der Waals surface area contributed by atoms with Gasteiger partial charge in [0.15, 0.2) is 0 Å². The maximum absolute atomic E-state index is 12.2. The summed E-state index contributed by atoms with van der Waals surface area (Å²) in [4.78, 5) is 23.2. The molecule has 2 aromatic carbocycles. The number of hydrogen-bond donors (Lipinski definition) is 2. The third-order valence-electron chi connectivity index (χ3n) is 3.50. The van der Waals surface area contributed by atoms with Gasteiger partial charge in [-0.05, 0) is 48.5 Å². The molecule has 0 radical (unpaired) electrons. The van der Waals surface area contributed by atoms with Crippen LogP contribution in [-0.2, 0) is 11.3 Å². The van der Waals surface area contributed by atoms with Crippen molar-refractivity contribution < 1.29 is 9.59 Å². The van der Waals surface area contributed by atoms with Crippen molar-refractivity contribution in [1.29, 1.82) is 0 Å². The Morgan fingerprint density at radius 2 is 1.83 bits per heavy atom. The smallest absolute Gasteiger partial charge is 0.248 e. The summed E-state index contributed by atoms with van der Waals surface area (Å²) in [6.07, 6.45) is 1.84. The lowest BCUT2D eigenvalue weighted by Gasteiger charge is -2.08. The van der Waals surface area contributed by atoms with Gasteiger partial charge in [0.25, 0.3) is 0 Å². The number of carbonyl (C=O) groups is 2. The van der Waals surface area contributed by atoms with E-state index in [0.29, 0.717) is 16.3 Å². The molecule has 23 heavy (non-hydrogen) atoms. The summed E-state index contributed by atoms with van der Waals surface area (Å²) in [5, 5.41) is 4.43. The molecule has 1 heterocycles. The van der Waals surface area contributed by atoms with Gasteiger partial charge in [-0.2, -0.15) is 0 Å². The van der Waals surface area contributed by atoms with Crippen molar-refractivity contribution in [2.24, 2.45) is 5.73 Å². The molecule has 1 aromatic heterocycles. The number of primary amides is 1. The van der Waals surface area contributed by atoms with Gasteiger partial charge in [-0.1, -0.05) is 11.6 Å². The van der Waals surface area contributed by atoms with Crippen molar-refractivity contribution in [2.45, 2.75) is 6.54 Å². The molecule has 0 saturated carbocycles. The first kappa shape index (κ1) is 15.1. The molecule has 3 rings (SSSR count). The van der Waals surface area contributed by atoms with Crippen LogP contribution in [-0.4, -0.2) is 16.4 Å². The van der Waals surface area contributed by atoms with E-state index < -0.39 is 5.91 Å². The molecule has 0 atom stereocenters. The molecular formula is C17H14ClN3O2. The zero-order valence-corrected chi connectivity index (χ0v) is 12.9. The first-order valence-corrected chi connectivity index (χ1v) is 7.35. The number of halogens is 1. The standard InChI is InChI=1S/C17H14ClN3O2/c18-13-3-6-15-12(9-13)7-8-21(15)10-16(22)20-14-4-1-11(2-5-14)17(19)23/h1-9H,10H2,(H2,19,23)(H,20,22). The first-order valence-electron chi connectivity index (χ1n) is 6.97. The Morgan fingerprint density at radius 1 is 1.09 bits per heavy atom. The van der Waals surface area contributed by atoms with Crippen LogP contribution in [0.4, 0.5) is 5.69 Å². The minimum atomic E-state index is -0.500. The number of rotatable bonds is 4. The third-order valence-corrected chi connectivity index (χ3v) is 3.74. The van der Waals surface area contributed by atoms with Crippen LogP contribution in [0.1, 0.15) is 10.4 Å². The Labute approximate surface area is 137 Å². The van der Waals surface area contributed by atoms with Gasteiger partial charge in [-0.15, -0.1) is 0 Å². The van der Waals surface area contributed by atoms with Gasteiger partial charge >= 0.3 is 0 Å². The highest BCUT2D eigenvalue weighted by atomic mass is 35.5. The fourth-order valence-corrected chi connectivity index (χ4v) is 2.56. The highest BCUT2D eigenvalue weighted by Crippen LogP contribution is 2.20. The molecule has 0 spiro atoms. The van der Waals surface area contributed by atoms with Gasteiger partial charge in [0.2, 0.25) is 11.8 Å². The topological polar surface area (TPSA) is 77.1 Å². The zero-order valence-electron chi connectivity index (χ0n) is 12.1. The molecule has 0 fully saturated rings. The van der Waals surface area contributed by atoms with Crippen molar-refractivity contribution in [3.8, 4) is 0 Å². The van der Waals surface area contributed by atoms with Gasteiger partial charge in [-0.25, -0.2) is 0 Å². The number of anilines is 1. The van der Waals surface area contributed by atoms with Crippen molar-refractivity contribution in [3.05, 3.63) is 65.3 Å². The number of benzene rings is 2. The molecule has 0 saturated heterocycles. The number of hydrogen-bond acceptors (Lipinski definition) is 2. The second kappa shape index (κ2) is 6.14. The van der Waals surface area contributed by atoms with E-state index in [4.69, 9.17) is 17.3 Å². The van der Waals surface area contributed by atoms with Crippen molar-refractivity contribution in [2.75, 3.05) is 5.32 Å². The number of nitrogens with zero attached hydrogens (tertiary/aromatic N) is 1. The Morgan fingerprint density at radius 3 is 2.52 bits per heavy atom. The van der Waals surface area contributed by atoms with Gasteiger partial charge in [0.1, 0.15) is 6.54 Å². The molecule has 3 N–H and O–H groups in total. The Hall–Kier alpha value is -2.79. The minimum Gasteiger partial charge on any atom is -0.366 e. The molecule has 6 heteroatoms. The van der Waals surface area contributed by atoms with Gasteiger partial charge in [0.05, 0.1) is 0 Å². The third kappa shape index (κ3) is 3.35. The zero-order chi connectivity index (χ0) is 16.4. The van der Waals surface area contributed by atoms with Crippen LogP contribution in [0.5, 0.6) is 0 Å². The average molecular weight is 328 g/mol. The monoisotopic (exact) mass is 327 g/mol. The molecular weight excluding hydrogens is 314 g/mol. The Balaban J connectivity index is 1.72. The second-order valence-corrected chi connectivity index (χ2v) is 5.57. The number of aromatic nitrogens is 1. The lowest BCUT2D eigenvalue weighted by molar-refractivity contribution is -0.116. The van der Waals surface area contributed by atoms with E-state index >= 15 is 0 Å². The molecule has 3 aromatic rings. The average Bonchev–Trinajstić information content (AvgIpc) is 2.89. The predicted octanol–water partition coefficient (Wildman–Crippen LogP) is 3.03. The van der Waals surface area contributed by atoms with Gasteiger partial charge in [0, 0.05) is 33.4 Å². The van der Waals surface area contributed by atoms with E-state index in [9.17, 15) is 9.59 Å². The highest BCUT2D eigenvalue weighted by Gasteiger charge is 2.08. The number of fused-ring (bicyclic) bond motifs is 1. The summed E-state index contributed by atoms with van der Waals surface area (Å²) < 4.78 is 1.85. The number of nitrogens with two attached hydrogens (primary N) is 1. The molecule has 0 aliphatic rings. The molecule has 0 aliphatic carbocycles. The Kier molecular flexibility index (Phi) is 4.04. The fourth-order valence-electron chi connectivity index (χ4n) is 2.38. The highest BCUT2D eigenvalue weighted by molar-refractivity contribution is 6.31. The maximum Gasteiger partial charge on any atom is 0.248 e. The van der Waals surface area contributed by atoms with Crippen LogP contribution >= 0.6 is 11.6 Å². The largest absolute Gasteiger partial charge is 0.366 e. The number of nitrogens with one attached hydrogen (secondary N) is 1. The Bertz CT molecular complexity index is 884. The van der Waals surface area contributed by atoms with E-state index in [1.807, 2.05) is 29.0 Å². The quantitative estimate of drug-likeness (QED) is 0.772. The van der Waals surface area contributed by atoms with Crippen molar-refractivity contribution >= 4 is 40.0 Å². The van der Waals surface area contributed by atoms with Crippen LogP contribution in [0.2, 0.25) is 5.02 Å². The van der Waals surface area contributed by atoms with Crippen molar-refractivity contribution in [1.82, 2.24) is 4.57 Å². The number of amides is 2. The molecule has 5 nitrogen and oxygen atoms in total. The van der Waals surface area contributed by atoms with Crippen LogP contribution in [0, 0.1) is 0 Å². The van der Waals surface area contributed by atoms with Crippen LogP contribution < -0.4 is 11.1 Å².